The Bertz CT molecular complexity index is 580. The fraction of sp³-hybridized carbons (Fsp3) is 0.684. The van der Waals surface area contributed by atoms with Gasteiger partial charge in [-0.15, -0.1) is 0 Å². The van der Waals surface area contributed by atoms with Crippen LogP contribution in [0.5, 0.6) is 5.75 Å². The van der Waals surface area contributed by atoms with Gasteiger partial charge >= 0.3 is 6.18 Å². The minimum absolute atomic E-state index is 0.469. The van der Waals surface area contributed by atoms with E-state index in [-0.39, 0.29) is 0 Å². The molecule has 2 saturated heterocycles. The Labute approximate surface area is 153 Å². The molecule has 2 aliphatic rings. The molecule has 7 heteroatoms. The van der Waals surface area contributed by atoms with E-state index in [4.69, 9.17) is 4.74 Å². The van der Waals surface area contributed by atoms with Crippen molar-refractivity contribution in [2.24, 2.45) is 0 Å². The molecule has 2 fully saturated rings. The quantitative estimate of drug-likeness (QED) is 0.765. The Balaban J connectivity index is 1.56. The lowest BCUT2D eigenvalue weighted by molar-refractivity contribution is -0.149. The first-order chi connectivity index (χ1) is 12.4. The van der Waals surface area contributed by atoms with Crippen LogP contribution in [0.2, 0.25) is 0 Å². The monoisotopic (exact) mass is 371 g/mol. The highest BCUT2D eigenvalue weighted by Crippen LogP contribution is 2.24. The molecule has 0 amide bonds. The number of benzene rings is 1. The Kier molecular flexibility index (Phi) is 6.42. The standard InChI is InChI=1S/C19H28F3N3O/c1-26-18-5-4-16(12-17(18)14-23-6-2-3-7-23)13-24-8-10-25(11-9-24)15-19(20,21)22/h4-5,12H,2-3,6-11,13-15H2,1H3. The fourth-order valence-electron chi connectivity index (χ4n) is 3.85. The van der Waals surface area contributed by atoms with E-state index < -0.39 is 12.7 Å². The number of hydrogen-bond acceptors (Lipinski definition) is 4. The van der Waals surface area contributed by atoms with Crippen molar-refractivity contribution in [1.29, 1.82) is 0 Å². The summed E-state index contributed by atoms with van der Waals surface area (Å²) in [5, 5.41) is 0. The van der Waals surface area contributed by atoms with Crippen LogP contribution >= 0.6 is 0 Å². The zero-order valence-corrected chi connectivity index (χ0v) is 15.4. The summed E-state index contributed by atoms with van der Waals surface area (Å²) in [6.07, 6.45) is -1.60. The number of hydrogen-bond donors (Lipinski definition) is 0. The Hall–Kier alpha value is -1.31. The molecule has 0 aromatic heterocycles. The van der Waals surface area contributed by atoms with Crippen LogP contribution in [0.15, 0.2) is 18.2 Å². The SMILES string of the molecule is COc1ccc(CN2CCN(CC(F)(F)F)CC2)cc1CN1CCCC1. The van der Waals surface area contributed by atoms with Gasteiger partial charge in [-0.25, -0.2) is 0 Å². The minimum atomic E-state index is -4.11. The smallest absolute Gasteiger partial charge is 0.401 e. The summed E-state index contributed by atoms with van der Waals surface area (Å²) >= 11 is 0. The average molecular weight is 371 g/mol. The van der Waals surface area contributed by atoms with Crippen molar-refractivity contribution in [2.75, 3.05) is 52.9 Å². The maximum atomic E-state index is 12.5. The number of alkyl halides is 3. The van der Waals surface area contributed by atoms with Gasteiger partial charge in [0.15, 0.2) is 0 Å². The number of piperazine rings is 1. The third-order valence-corrected chi connectivity index (χ3v) is 5.21. The molecule has 0 spiro atoms. The van der Waals surface area contributed by atoms with Gasteiger partial charge in [-0.2, -0.15) is 13.2 Å². The predicted octanol–water partition coefficient (Wildman–Crippen LogP) is 2.97. The molecule has 4 nitrogen and oxygen atoms in total. The van der Waals surface area contributed by atoms with Crippen LogP contribution in [0.1, 0.15) is 24.0 Å². The lowest BCUT2D eigenvalue weighted by Crippen LogP contribution is -2.48. The molecule has 0 radical (unpaired) electrons. The van der Waals surface area contributed by atoms with E-state index in [0.717, 1.165) is 31.9 Å². The van der Waals surface area contributed by atoms with Crippen molar-refractivity contribution < 1.29 is 17.9 Å². The average Bonchev–Trinajstić information content (AvgIpc) is 3.09. The molecule has 2 heterocycles. The third-order valence-electron chi connectivity index (χ3n) is 5.21. The van der Waals surface area contributed by atoms with Crippen molar-refractivity contribution in [3.05, 3.63) is 29.3 Å². The zero-order valence-electron chi connectivity index (χ0n) is 15.4. The molecule has 1 aromatic rings. The van der Waals surface area contributed by atoms with Crippen molar-refractivity contribution in [3.8, 4) is 5.75 Å². The molecule has 0 saturated carbocycles. The van der Waals surface area contributed by atoms with E-state index in [1.807, 2.05) is 6.07 Å². The molecule has 0 unspecified atom stereocenters. The Morgan fingerprint density at radius 1 is 0.885 bits per heavy atom. The van der Waals surface area contributed by atoms with Crippen molar-refractivity contribution >= 4 is 0 Å². The largest absolute Gasteiger partial charge is 0.496 e. The van der Waals surface area contributed by atoms with E-state index in [0.29, 0.717) is 26.2 Å². The van der Waals surface area contributed by atoms with E-state index in [1.165, 1.54) is 28.9 Å². The summed E-state index contributed by atoms with van der Waals surface area (Å²) < 4.78 is 43.0. The first-order valence-corrected chi connectivity index (χ1v) is 9.32. The molecular weight excluding hydrogens is 343 g/mol. The molecule has 0 atom stereocenters. The van der Waals surface area contributed by atoms with Crippen molar-refractivity contribution in [1.82, 2.24) is 14.7 Å². The predicted molar refractivity (Wildman–Crippen MR) is 95.3 cm³/mol. The molecule has 146 valence electrons. The van der Waals surface area contributed by atoms with E-state index in [9.17, 15) is 13.2 Å². The molecule has 1 aromatic carbocycles. The van der Waals surface area contributed by atoms with Crippen molar-refractivity contribution in [2.45, 2.75) is 32.1 Å². The van der Waals surface area contributed by atoms with Gasteiger partial charge in [-0.1, -0.05) is 6.07 Å². The number of nitrogens with zero attached hydrogens (tertiary/aromatic N) is 3. The number of halogens is 3. The number of likely N-dealkylation sites (tertiary alicyclic amines) is 1. The number of methoxy groups -OCH3 is 1. The second-order valence-corrected chi connectivity index (χ2v) is 7.30. The van der Waals surface area contributed by atoms with Gasteiger partial charge in [-0.3, -0.25) is 14.7 Å². The summed E-state index contributed by atoms with van der Waals surface area (Å²) in [4.78, 5) is 6.16. The van der Waals surface area contributed by atoms with Gasteiger partial charge in [-0.05, 0) is 43.6 Å². The zero-order chi connectivity index (χ0) is 18.6. The molecule has 2 aliphatic heterocycles. The lowest BCUT2D eigenvalue weighted by Gasteiger charge is -2.35. The summed E-state index contributed by atoms with van der Waals surface area (Å²) in [6, 6.07) is 6.27. The maximum Gasteiger partial charge on any atom is 0.401 e. The fourth-order valence-corrected chi connectivity index (χ4v) is 3.85. The maximum absolute atomic E-state index is 12.5. The topological polar surface area (TPSA) is 19.0 Å². The van der Waals surface area contributed by atoms with Gasteiger partial charge in [0.25, 0.3) is 0 Å². The molecule has 3 rings (SSSR count). The first-order valence-electron chi connectivity index (χ1n) is 9.32. The second kappa shape index (κ2) is 8.59. The highest BCUT2D eigenvalue weighted by molar-refractivity contribution is 5.37. The Morgan fingerprint density at radius 3 is 2.12 bits per heavy atom. The van der Waals surface area contributed by atoms with Gasteiger partial charge in [0, 0.05) is 44.8 Å². The summed E-state index contributed by atoms with van der Waals surface area (Å²) in [5.41, 5.74) is 2.40. The van der Waals surface area contributed by atoms with Gasteiger partial charge in [0.1, 0.15) is 5.75 Å². The third kappa shape index (κ3) is 5.59. The van der Waals surface area contributed by atoms with Crippen LogP contribution in [0.25, 0.3) is 0 Å². The molecular formula is C19H28F3N3O. The molecule has 0 N–H and O–H groups in total. The first kappa shape index (κ1) is 19.5. The van der Waals surface area contributed by atoms with Crippen LogP contribution < -0.4 is 4.74 Å². The lowest BCUT2D eigenvalue weighted by atomic mass is 10.1. The minimum Gasteiger partial charge on any atom is -0.496 e. The van der Waals surface area contributed by atoms with E-state index in [1.54, 1.807) is 7.11 Å². The van der Waals surface area contributed by atoms with Crippen LogP contribution in [0, 0.1) is 0 Å². The highest BCUT2D eigenvalue weighted by Gasteiger charge is 2.32. The van der Waals surface area contributed by atoms with Gasteiger partial charge in [0.05, 0.1) is 13.7 Å². The van der Waals surface area contributed by atoms with Crippen LogP contribution in [-0.4, -0.2) is 73.8 Å². The normalized spacial score (nSPS) is 20.6. The van der Waals surface area contributed by atoms with Crippen LogP contribution in [0.3, 0.4) is 0 Å². The molecule has 26 heavy (non-hydrogen) atoms. The van der Waals surface area contributed by atoms with Gasteiger partial charge < -0.3 is 4.74 Å². The molecule has 0 aliphatic carbocycles. The van der Waals surface area contributed by atoms with Crippen molar-refractivity contribution in [3.63, 3.8) is 0 Å². The van der Waals surface area contributed by atoms with E-state index >= 15 is 0 Å². The summed E-state index contributed by atoms with van der Waals surface area (Å²) in [5.74, 6) is 0.913. The van der Waals surface area contributed by atoms with Gasteiger partial charge in [0.2, 0.25) is 0 Å². The number of ether oxygens (including phenoxy) is 1. The second-order valence-electron chi connectivity index (χ2n) is 7.30. The summed E-state index contributed by atoms with van der Waals surface area (Å²) in [7, 11) is 1.70. The summed E-state index contributed by atoms with van der Waals surface area (Å²) in [6.45, 7) is 5.42. The number of rotatable bonds is 6. The van der Waals surface area contributed by atoms with Crippen LogP contribution in [-0.2, 0) is 13.1 Å². The highest BCUT2D eigenvalue weighted by atomic mass is 19.4. The Morgan fingerprint density at radius 2 is 1.50 bits per heavy atom. The molecule has 0 bridgehead atoms. The van der Waals surface area contributed by atoms with E-state index in [2.05, 4.69) is 21.9 Å². The van der Waals surface area contributed by atoms with Crippen LogP contribution in [0.4, 0.5) is 13.2 Å².